The predicted molar refractivity (Wildman–Crippen MR) is 79.0 cm³/mol. The minimum absolute atomic E-state index is 0.360. The van der Waals surface area contributed by atoms with Crippen LogP contribution in [0.5, 0.6) is 5.75 Å². The molecule has 0 bridgehead atoms. The van der Waals surface area contributed by atoms with E-state index in [-0.39, 0.29) is 5.82 Å². The van der Waals surface area contributed by atoms with Crippen LogP contribution in [-0.4, -0.2) is 12.1 Å². The van der Waals surface area contributed by atoms with Crippen molar-refractivity contribution in [2.75, 3.05) is 12.4 Å². The molecule has 20 heavy (non-hydrogen) atoms. The smallest absolute Gasteiger partial charge is 0.128 e. The molecule has 0 saturated carbocycles. The van der Waals surface area contributed by atoms with E-state index in [2.05, 4.69) is 10.3 Å². The largest absolute Gasteiger partial charge is 0.496 e. The van der Waals surface area contributed by atoms with E-state index in [9.17, 15) is 4.39 Å². The Morgan fingerprint density at radius 3 is 2.70 bits per heavy atom. The van der Waals surface area contributed by atoms with E-state index < -0.39 is 0 Å². The van der Waals surface area contributed by atoms with Crippen molar-refractivity contribution in [3.63, 3.8) is 0 Å². The van der Waals surface area contributed by atoms with Crippen molar-refractivity contribution in [2.45, 2.75) is 20.4 Å². The lowest BCUT2D eigenvalue weighted by atomic mass is 10.1. The van der Waals surface area contributed by atoms with Crippen molar-refractivity contribution in [2.24, 2.45) is 0 Å². The molecule has 0 unspecified atom stereocenters. The van der Waals surface area contributed by atoms with Crippen molar-refractivity contribution < 1.29 is 9.13 Å². The van der Waals surface area contributed by atoms with E-state index in [0.717, 1.165) is 22.6 Å². The second-order valence-electron chi connectivity index (χ2n) is 4.56. The molecule has 3 nitrogen and oxygen atoms in total. The number of pyridine rings is 1. The van der Waals surface area contributed by atoms with Crippen molar-refractivity contribution >= 4 is 17.3 Å². The molecular formula is C15H16ClFN2O. The number of methoxy groups -OCH3 is 1. The molecule has 5 heteroatoms. The minimum atomic E-state index is -0.369. The molecule has 0 fully saturated rings. The van der Waals surface area contributed by atoms with Crippen molar-refractivity contribution in [3.8, 4) is 5.75 Å². The summed E-state index contributed by atoms with van der Waals surface area (Å²) in [5.41, 5.74) is 3.44. The number of halogens is 2. The number of aromatic nitrogens is 1. The molecule has 0 amide bonds. The fraction of sp³-hybridized carbons (Fsp3) is 0.267. The van der Waals surface area contributed by atoms with Gasteiger partial charge in [-0.25, -0.2) is 4.39 Å². The molecule has 2 aromatic rings. The lowest BCUT2D eigenvalue weighted by Crippen LogP contribution is -2.06. The summed E-state index contributed by atoms with van der Waals surface area (Å²) in [4.78, 5) is 4.38. The maximum atomic E-state index is 13.2. The van der Waals surface area contributed by atoms with E-state index >= 15 is 0 Å². The Bertz CT molecular complexity index is 611. The van der Waals surface area contributed by atoms with Crippen LogP contribution in [0.2, 0.25) is 5.02 Å². The van der Waals surface area contributed by atoms with Gasteiger partial charge in [-0.15, -0.1) is 0 Å². The zero-order valence-corrected chi connectivity index (χ0v) is 12.4. The van der Waals surface area contributed by atoms with E-state index in [1.807, 2.05) is 13.8 Å². The van der Waals surface area contributed by atoms with Gasteiger partial charge >= 0.3 is 0 Å². The molecule has 0 aliphatic heterocycles. The first-order valence-corrected chi connectivity index (χ1v) is 6.58. The van der Waals surface area contributed by atoms with E-state index in [0.29, 0.717) is 17.3 Å². The lowest BCUT2D eigenvalue weighted by molar-refractivity contribution is 0.407. The van der Waals surface area contributed by atoms with Gasteiger partial charge in [0.15, 0.2) is 0 Å². The third-order valence-corrected chi connectivity index (χ3v) is 3.29. The highest BCUT2D eigenvalue weighted by atomic mass is 35.5. The van der Waals surface area contributed by atoms with Gasteiger partial charge in [-0.3, -0.25) is 4.98 Å². The van der Waals surface area contributed by atoms with E-state index in [1.54, 1.807) is 19.4 Å². The summed E-state index contributed by atoms with van der Waals surface area (Å²) in [6.45, 7) is 4.37. The number of hydrogen-bond acceptors (Lipinski definition) is 3. The number of benzene rings is 1. The molecule has 0 spiro atoms. The van der Waals surface area contributed by atoms with Gasteiger partial charge in [0.05, 0.1) is 19.3 Å². The van der Waals surface area contributed by atoms with Gasteiger partial charge in [-0.1, -0.05) is 11.6 Å². The van der Waals surface area contributed by atoms with Gasteiger partial charge < -0.3 is 10.1 Å². The second-order valence-corrected chi connectivity index (χ2v) is 4.99. The summed E-state index contributed by atoms with van der Waals surface area (Å²) in [5, 5.41) is 3.47. The highest BCUT2D eigenvalue weighted by Gasteiger charge is 2.09. The molecule has 1 heterocycles. The Morgan fingerprint density at radius 2 is 2.05 bits per heavy atom. The number of hydrogen-bond donors (Lipinski definition) is 1. The van der Waals surface area contributed by atoms with Crippen LogP contribution in [-0.2, 0) is 6.54 Å². The monoisotopic (exact) mass is 294 g/mol. The molecule has 1 aromatic heterocycles. The Kier molecular flexibility index (Phi) is 4.45. The fourth-order valence-corrected chi connectivity index (χ4v) is 2.31. The van der Waals surface area contributed by atoms with Crippen LogP contribution in [0.4, 0.5) is 10.1 Å². The SMILES string of the molecule is COc1c(C)cnc(CNc2cc(F)cc(Cl)c2)c1C. The van der Waals surface area contributed by atoms with Crippen molar-refractivity contribution in [1.82, 2.24) is 4.98 Å². The average molecular weight is 295 g/mol. The van der Waals surface area contributed by atoms with Gasteiger partial charge in [-0.2, -0.15) is 0 Å². The average Bonchev–Trinajstić information content (AvgIpc) is 2.37. The van der Waals surface area contributed by atoms with Crippen LogP contribution in [0.1, 0.15) is 16.8 Å². The molecule has 2 rings (SSSR count). The van der Waals surface area contributed by atoms with Crippen LogP contribution >= 0.6 is 11.6 Å². The Labute approximate surface area is 122 Å². The Hall–Kier alpha value is -1.81. The lowest BCUT2D eigenvalue weighted by Gasteiger charge is -2.13. The van der Waals surface area contributed by atoms with E-state index in [1.165, 1.54) is 12.1 Å². The summed E-state index contributed by atoms with van der Waals surface area (Å²) >= 11 is 5.82. The van der Waals surface area contributed by atoms with E-state index in [4.69, 9.17) is 16.3 Å². The molecule has 1 N–H and O–H groups in total. The van der Waals surface area contributed by atoms with Gasteiger partial charge in [0.25, 0.3) is 0 Å². The molecule has 106 valence electrons. The Morgan fingerprint density at radius 1 is 1.30 bits per heavy atom. The number of nitrogens with one attached hydrogen (secondary N) is 1. The standard InChI is InChI=1S/C15H16ClFN2O/c1-9-7-19-14(10(2)15(9)20-3)8-18-13-5-11(16)4-12(17)6-13/h4-7,18H,8H2,1-3H3. The third-order valence-electron chi connectivity index (χ3n) is 3.07. The van der Waals surface area contributed by atoms with Gasteiger partial charge in [0, 0.05) is 28.0 Å². The normalized spacial score (nSPS) is 10.4. The van der Waals surface area contributed by atoms with Crippen molar-refractivity contribution in [1.29, 1.82) is 0 Å². The highest BCUT2D eigenvalue weighted by Crippen LogP contribution is 2.25. The van der Waals surface area contributed by atoms with Gasteiger partial charge in [0.2, 0.25) is 0 Å². The zero-order chi connectivity index (χ0) is 14.7. The summed E-state index contributed by atoms with van der Waals surface area (Å²) in [6.07, 6.45) is 1.77. The first kappa shape index (κ1) is 14.6. The number of anilines is 1. The summed E-state index contributed by atoms with van der Waals surface area (Å²) < 4.78 is 18.6. The molecule has 0 saturated heterocycles. The molecule has 0 radical (unpaired) electrons. The fourth-order valence-electron chi connectivity index (χ4n) is 2.09. The van der Waals surface area contributed by atoms with Crippen LogP contribution in [0.15, 0.2) is 24.4 Å². The minimum Gasteiger partial charge on any atom is -0.496 e. The zero-order valence-electron chi connectivity index (χ0n) is 11.6. The Balaban J connectivity index is 2.19. The molecular weight excluding hydrogens is 279 g/mol. The first-order chi connectivity index (χ1) is 9.51. The molecule has 0 aliphatic rings. The molecule has 0 aliphatic carbocycles. The second kappa shape index (κ2) is 6.09. The van der Waals surface area contributed by atoms with Gasteiger partial charge in [-0.05, 0) is 32.0 Å². The number of ether oxygens (including phenoxy) is 1. The van der Waals surface area contributed by atoms with Crippen LogP contribution in [0, 0.1) is 19.7 Å². The van der Waals surface area contributed by atoms with Crippen LogP contribution in [0.25, 0.3) is 0 Å². The van der Waals surface area contributed by atoms with Crippen LogP contribution < -0.4 is 10.1 Å². The maximum Gasteiger partial charge on any atom is 0.128 e. The first-order valence-electron chi connectivity index (χ1n) is 6.20. The number of rotatable bonds is 4. The summed E-state index contributed by atoms with van der Waals surface area (Å²) in [7, 11) is 1.64. The molecule has 0 atom stereocenters. The predicted octanol–water partition coefficient (Wildman–Crippen LogP) is 4.11. The molecule has 1 aromatic carbocycles. The summed E-state index contributed by atoms with van der Waals surface area (Å²) in [6, 6.07) is 4.34. The maximum absolute atomic E-state index is 13.2. The van der Waals surface area contributed by atoms with Crippen LogP contribution in [0.3, 0.4) is 0 Å². The number of aryl methyl sites for hydroxylation is 1. The summed E-state index contributed by atoms with van der Waals surface area (Å²) in [5.74, 6) is 0.459. The third kappa shape index (κ3) is 3.20. The number of nitrogens with zero attached hydrogens (tertiary/aromatic N) is 1. The topological polar surface area (TPSA) is 34.1 Å². The highest BCUT2D eigenvalue weighted by molar-refractivity contribution is 6.30. The van der Waals surface area contributed by atoms with Crippen molar-refractivity contribution in [3.05, 3.63) is 52.1 Å². The quantitative estimate of drug-likeness (QED) is 0.921. The van der Waals surface area contributed by atoms with Gasteiger partial charge in [0.1, 0.15) is 11.6 Å².